The van der Waals surface area contributed by atoms with Gasteiger partial charge in [-0.2, -0.15) is 15.8 Å². The monoisotopic (exact) mass is 637 g/mol. The molecular formula is C45H27N5. The molecule has 0 radical (unpaired) electrons. The lowest BCUT2D eigenvalue weighted by Crippen LogP contribution is -2.28. The summed E-state index contributed by atoms with van der Waals surface area (Å²) in [6, 6.07) is 52.4. The van der Waals surface area contributed by atoms with E-state index in [2.05, 4.69) is 119 Å². The van der Waals surface area contributed by atoms with Crippen LogP contribution in [0.1, 0.15) is 22.6 Å². The molecular weight excluding hydrogens is 611 g/mol. The van der Waals surface area contributed by atoms with E-state index in [0.717, 1.165) is 61.1 Å². The summed E-state index contributed by atoms with van der Waals surface area (Å²) < 4.78 is 2.20. The maximum atomic E-state index is 10.2. The third kappa shape index (κ3) is 4.37. The Bertz CT molecular complexity index is 2710. The van der Waals surface area contributed by atoms with Gasteiger partial charge in [0.05, 0.1) is 46.0 Å². The maximum Gasteiger partial charge on any atom is 0.101 e. The van der Waals surface area contributed by atoms with Crippen molar-refractivity contribution < 1.29 is 0 Å². The van der Waals surface area contributed by atoms with Crippen molar-refractivity contribution in [3.05, 3.63) is 174 Å². The number of aromatic nitrogens is 1. The minimum absolute atomic E-state index is 0.0734. The van der Waals surface area contributed by atoms with E-state index >= 15 is 0 Å². The standard InChI is InChI=1S/C45H27N5/c46-26-29-16-22-34(35-9-1-5-14-42(35)50-43-15-6-2-10-36(43)38-12-7-8-32(28-48)45(38)50)39(24-29)31-18-20-33(21-19-31)49-41-13-4-3-11-37(41)40-25-30(27-47)17-23-44(40)49/h1-25,40,44H. The van der Waals surface area contributed by atoms with Crippen LogP contribution in [0, 0.1) is 34.0 Å². The molecule has 2 heterocycles. The molecule has 0 saturated heterocycles. The molecule has 0 N–H and O–H groups in total. The highest BCUT2D eigenvalue weighted by atomic mass is 15.2. The van der Waals surface area contributed by atoms with E-state index in [-0.39, 0.29) is 12.0 Å². The van der Waals surface area contributed by atoms with E-state index < -0.39 is 0 Å². The van der Waals surface area contributed by atoms with Gasteiger partial charge in [-0.15, -0.1) is 0 Å². The molecule has 0 bridgehead atoms. The van der Waals surface area contributed by atoms with Gasteiger partial charge in [0.15, 0.2) is 0 Å². The van der Waals surface area contributed by atoms with E-state index in [1.807, 2.05) is 60.7 Å². The second-order valence-electron chi connectivity index (χ2n) is 12.6. The number of hydrogen-bond donors (Lipinski definition) is 0. The fourth-order valence-corrected chi connectivity index (χ4v) is 7.87. The first-order chi connectivity index (χ1) is 24.7. The number of nitrogens with zero attached hydrogens (tertiary/aromatic N) is 5. The van der Waals surface area contributed by atoms with Gasteiger partial charge >= 0.3 is 0 Å². The van der Waals surface area contributed by atoms with Crippen LogP contribution in [-0.4, -0.2) is 10.6 Å². The third-order valence-corrected chi connectivity index (χ3v) is 10.0. The molecule has 2 aliphatic rings. The molecule has 1 aliphatic heterocycles. The first kappa shape index (κ1) is 29.0. The van der Waals surface area contributed by atoms with Crippen LogP contribution >= 0.6 is 0 Å². The number of anilines is 2. The Morgan fingerprint density at radius 2 is 1.34 bits per heavy atom. The summed E-state index contributed by atoms with van der Waals surface area (Å²) in [5.74, 6) is 0.100. The number of benzene rings is 6. The van der Waals surface area contributed by atoms with E-state index in [0.29, 0.717) is 16.7 Å². The highest BCUT2D eigenvalue weighted by Gasteiger charge is 2.38. The Balaban J connectivity index is 1.20. The van der Waals surface area contributed by atoms with Crippen molar-refractivity contribution in [1.82, 2.24) is 4.57 Å². The lowest BCUT2D eigenvalue weighted by atomic mass is 9.88. The van der Waals surface area contributed by atoms with Gasteiger partial charge in [-0.05, 0) is 76.9 Å². The first-order valence-corrected chi connectivity index (χ1v) is 16.5. The normalized spacial score (nSPS) is 15.9. The zero-order valence-electron chi connectivity index (χ0n) is 26.8. The summed E-state index contributed by atoms with van der Waals surface area (Å²) in [4.78, 5) is 2.35. The van der Waals surface area contributed by atoms with Gasteiger partial charge in [0.25, 0.3) is 0 Å². The van der Waals surface area contributed by atoms with Crippen LogP contribution in [0.4, 0.5) is 11.4 Å². The van der Waals surface area contributed by atoms with Crippen LogP contribution < -0.4 is 4.90 Å². The second kappa shape index (κ2) is 11.5. The maximum absolute atomic E-state index is 10.2. The molecule has 9 rings (SSSR count). The summed E-state index contributed by atoms with van der Waals surface area (Å²) >= 11 is 0. The van der Waals surface area contributed by atoms with Gasteiger partial charge < -0.3 is 9.47 Å². The van der Waals surface area contributed by atoms with Gasteiger partial charge in [-0.25, -0.2) is 0 Å². The summed E-state index contributed by atoms with van der Waals surface area (Å²) in [6.45, 7) is 0. The number of fused-ring (bicyclic) bond motifs is 6. The number of para-hydroxylation sites is 4. The predicted molar refractivity (Wildman–Crippen MR) is 199 cm³/mol. The van der Waals surface area contributed by atoms with E-state index in [4.69, 9.17) is 0 Å². The number of rotatable bonds is 4. The van der Waals surface area contributed by atoms with Gasteiger partial charge in [0, 0.05) is 39.2 Å². The third-order valence-electron chi connectivity index (χ3n) is 10.0. The number of allylic oxidation sites excluding steroid dienone is 2. The predicted octanol–water partition coefficient (Wildman–Crippen LogP) is 10.5. The molecule has 0 saturated carbocycles. The number of nitriles is 3. The minimum Gasteiger partial charge on any atom is -0.333 e. The molecule has 1 aliphatic carbocycles. The van der Waals surface area contributed by atoms with Crippen molar-refractivity contribution >= 4 is 33.2 Å². The minimum atomic E-state index is 0.0734. The summed E-state index contributed by atoms with van der Waals surface area (Å²) in [5.41, 5.74) is 12.1. The highest BCUT2D eigenvalue weighted by molar-refractivity contribution is 6.11. The molecule has 0 fully saturated rings. The Morgan fingerprint density at radius 1 is 0.580 bits per heavy atom. The summed E-state index contributed by atoms with van der Waals surface area (Å²) in [5, 5.41) is 31.9. The van der Waals surface area contributed by atoms with Crippen LogP contribution in [0.3, 0.4) is 0 Å². The van der Waals surface area contributed by atoms with Crippen molar-refractivity contribution in [2.45, 2.75) is 12.0 Å². The SMILES string of the molecule is N#CC1=CC2c3ccccc3N(c3ccc(-c4cc(C#N)ccc4-c4ccccc4-n4c5ccccc5c5cccc(C#N)c54)cc3)C2C=C1. The lowest BCUT2D eigenvalue weighted by Gasteiger charge is -2.29. The second-order valence-corrected chi connectivity index (χ2v) is 12.6. The smallest absolute Gasteiger partial charge is 0.101 e. The average Bonchev–Trinajstić information content (AvgIpc) is 3.70. The van der Waals surface area contributed by atoms with Crippen molar-refractivity contribution in [2.75, 3.05) is 4.90 Å². The fraction of sp³-hybridized carbons (Fsp3) is 0.0444. The Morgan fingerprint density at radius 3 is 2.16 bits per heavy atom. The molecule has 0 spiro atoms. The van der Waals surface area contributed by atoms with Crippen LogP contribution in [0.2, 0.25) is 0 Å². The Kier molecular flexibility index (Phi) is 6.70. The molecule has 5 nitrogen and oxygen atoms in total. The topological polar surface area (TPSA) is 79.5 Å². The van der Waals surface area contributed by atoms with Gasteiger partial charge in [0.2, 0.25) is 0 Å². The zero-order chi connectivity index (χ0) is 33.8. The molecule has 232 valence electrons. The van der Waals surface area contributed by atoms with Crippen molar-refractivity contribution in [1.29, 1.82) is 15.8 Å². The molecule has 5 heteroatoms. The van der Waals surface area contributed by atoms with Crippen molar-refractivity contribution in [2.24, 2.45) is 0 Å². The van der Waals surface area contributed by atoms with E-state index in [1.54, 1.807) is 0 Å². The molecule has 6 aromatic carbocycles. The zero-order valence-corrected chi connectivity index (χ0v) is 26.8. The molecule has 2 atom stereocenters. The molecule has 0 amide bonds. The van der Waals surface area contributed by atoms with Crippen molar-refractivity contribution in [3.63, 3.8) is 0 Å². The van der Waals surface area contributed by atoms with Crippen LogP contribution in [0.25, 0.3) is 49.7 Å². The van der Waals surface area contributed by atoms with Crippen LogP contribution in [-0.2, 0) is 0 Å². The quantitative estimate of drug-likeness (QED) is 0.192. The molecule has 7 aromatic rings. The highest BCUT2D eigenvalue weighted by Crippen LogP contribution is 2.49. The average molecular weight is 638 g/mol. The Labute approximate surface area is 289 Å². The molecule has 2 unspecified atom stereocenters. The summed E-state index contributed by atoms with van der Waals surface area (Å²) in [7, 11) is 0. The Hall–Kier alpha value is -7.13. The van der Waals surface area contributed by atoms with E-state index in [9.17, 15) is 15.8 Å². The molecule has 1 aromatic heterocycles. The van der Waals surface area contributed by atoms with Crippen LogP contribution in [0.15, 0.2) is 157 Å². The lowest BCUT2D eigenvalue weighted by molar-refractivity contribution is 0.741. The fourth-order valence-electron chi connectivity index (χ4n) is 7.87. The van der Waals surface area contributed by atoms with Gasteiger partial charge in [-0.1, -0.05) is 97.1 Å². The molecule has 50 heavy (non-hydrogen) atoms. The number of hydrogen-bond acceptors (Lipinski definition) is 4. The van der Waals surface area contributed by atoms with Gasteiger partial charge in [0.1, 0.15) is 6.07 Å². The van der Waals surface area contributed by atoms with Crippen LogP contribution in [0.5, 0.6) is 0 Å². The largest absolute Gasteiger partial charge is 0.333 e. The van der Waals surface area contributed by atoms with Gasteiger partial charge in [-0.3, -0.25) is 0 Å². The summed E-state index contributed by atoms with van der Waals surface area (Å²) in [6.07, 6.45) is 6.13. The first-order valence-electron chi connectivity index (χ1n) is 16.5. The van der Waals surface area contributed by atoms with E-state index in [1.165, 1.54) is 5.56 Å². The van der Waals surface area contributed by atoms with Crippen molar-refractivity contribution in [3.8, 4) is 46.1 Å².